The number of rotatable bonds is 5. The largest absolute Gasteiger partial charge is 0.497 e. The number of benzene rings is 2. The molecule has 5 nitrogen and oxygen atoms in total. The molecule has 0 aliphatic rings. The smallest absolute Gasteiger partial charge is 0.319 e. The first kappa shape index (κ1) is 17.0. The van der Waals surface area contributed by atoms with E-state index in [0.29, 0.717) is 16.7 Å². The van der Waals surface area contributed by atoms with E-state index < -0.39 is 0 Å². The second-order valence-electron chi connectivity index (χ2n) is 5.89. The lowest BCUT2D eigenvalue weighted by atomic mass is 10.2. The van der Waals surface area contributed by atoms with Gasteiger partial charge in [-0.15, -0.1) is 0 Å². The van der Waals surface area contributed by atoms with Crippen molar-refractivity contribution in [2.75, 3.05) is 19.1 Å². The molecule has 0 radical (unpaired) electrons. The lowest BCUT2D eigenvalue weighted by molar-refractivity contribution is 0.223. The van der Waals surface area contributed by atoms with Crippen LogP contribution < -0.4 is 14.4 Å². The lowest BCUT2D eigenvalue weighted by Gasteiger charge is -2.21. The molecule has 0 aliphatic heterocycles. The highest BCUT2D eigenvalue weighted by atomic mass is 19.1. The maximum atomic E-state index is 14.5. The number of hydrogen-bond acceptors (Lipinski definition) is 5. The zero-order valence-corrected chi connectivity index (χ0v) is 14.7. The standard InChI is InChI=1S/C19H20FN3O2/c1-12(2)25-19-21-16-7-5-6-15(20)17(16)18(22-19)23(3)13-8-10-14(24-4)11-9-13/h5-12H,1-4H3. The number of halogens is 1. The molecule has 0 aliphatic carbocycles. The van der Waals surface area contributed by atoms with Crippen LogP contribution in [0.5, 0.6) is 11.8 Å². The van der Waals surface area contributed by atoms with Gasteiger partial charge in [-0.05, 0) is 50.2 Å². The van der Waals surface area contributed by atoms with Crippen molar-refractivity contribution in [2.24, 2.45) is 0 Å². The molecule has 0 atom stereocenters. The topological polar surface area (TPSA) is 47.5 Å². The Bertz CT molecular complexity index is 882. The Kier molecular flexibility index (Phi) is 4.70. The third kappa shape index (κ3) is 3.47. The fourth-order valence-corrected chi connectivity index (χ4v) is 2.54. The first-order valence-corrected chi connectivity index (χ1v) is 8.00. The van der Waals surface area contributed by atoms with Crippen molar-refractivity contribution in [3.05, 3.63) is 48.3 Å². The van der Waals surface area contributed by atoms with Gasteiger partial charge in [0.05, 0.1) is 24.1 Å². The normalized spacial score (nSPS) is 11.0. The Morgan fingerprint density at radius 1 is 1.04 bits per heavy atom. The van der Waals surface area contributed by atoms with E-state index in [0.717, 1.165) is 11.4 Å². The number of methoxy groups -OCH3 is 1. The first-order valence-electron chi connectivity index (χ1n) is 8.00. The summed E-state index contributed by atoms with van der Waals surface area (Å²) in [6, 6.07) is 12.5. The number of aromatic nitrogens is 2. The molecule has 25 heavy (non-hydrogen) atoms. The van der Waals surface area contributed by atoms with E-state index in [1.165, 1.54) is 6.07 Å². The van der Waals surface area contributed by atoms with Crippen LogP contribution in [0.1, 0.15) is 13.8 Å². The van der Waals surface area contributed by atoms with Gasteiger partial charge in [0.25, 0.3) is 0 Å². The second-order valence-corrected chi connectivity index (χ2v) is 5.89. The van der Waals surface area contributed by atoms with E-state index in [1.807, 2.05) is 45.2 Å². The van der Waals surface area contributed by atoms with Crippen LogP contribution >= 0.6 is 0 Å². The van der Waals surface area contributed by atoms with Crippen molar-refractivity contribution in [3.63, 3.8) is 0 Å². The van der Waals surface area contributed by atoms with Gasteiger partial charge in [-0.2, -0.15) is 9.97 Å². The summed E-state index contributed by atoms with van der Waals surface area (Å²) in [5.41, 5.74) is 1.35. The molecular formula is C19H20FN3O2. The van der Waals surface area contributed by atoms with E-state index in [2.05, 4.69) is 9.97 Å². The van der Waals surface area contributed by atoms with Crippen LogP contribution in [-0.4, -0.2) is 30.2 Å². The predicted octanol–water partition coefficient (Wildman–Crippen LogP) is 4.33. The van der Waals surface area contributed by atoms with E-state index in [4.69, 9.17) is 9.47 Å². The fourth-order valence-electron chi connectivity index (χ4n) is 2.54. The molecule has 1 heterocycles. The van der Waals surface area contributed by atoms with Crippen molar-refractivity contribution in [2.45, 2.75) is 20.0 Å². The average Bonchev–Trinajstić information content (AvgIpc) is 2.60. The van der Waals surface area contributed by atoms with Gasteiger partial charge in [0.15, 0.2) is 5.82 Å². The molecule has 6 heteroatoms. The highest BCUT2D eigenvalue weighted by Crippen LogP contribution is 2.32. The summed E-state index contributed by atoms with van der Waals surface area (Å²) in [6.45, 7) is 3.79. The van der Waals surface area contributed by atoms with Crippen molar-refractivity contribution in [1.82, 2.24) is 9.97 Å². The van der Waals surface area contributed by atoms with Gasteiger partial charge in [0, 0.05) is 12.7 Å². The highest BCUT2D eigenvalue weighted by molar-refractivity contribution is 5.92. The predicted molar refractivity (Wildman–Crippen MR) is 96.3 cm³/mol. The molecule has 0 saturated heterocycles. The summed E-state index contributed by atoms with van der Waals surface area (Å²) in [7, 11) is 3.44. The summed E-state index contributed by atoms with van der Waals surface area (Å²) in [5.74, 6) is 0.826. The van der Waals surface area contributed by atoms with Crippen LogP contribution in [0, 0.1) is 5.82 Å². The van der Waals surface area contributed by atoms with Crippen molar-refractivity contribution in [3.8, 4) is 11.8 Å². The van der Waals surface area contributed by atoms with Gasteiger partial charge >= 0.3 is 6.01 Å². The maximum absolute atomic E-state index is 14.5. The van der Waals surface area contributed by atoms with Crippen LogP contribution in [0.15, 0.2) is 42.5 Å². The number of fused-ring (bicyclic) bond motifs is 1. The summed E-state index contributed by atoms with van der Waals surface area (Å²) >= 11 is 0. The maximum Gasteiger partial charge on any atom is 0.319 e. The third-order valence-electron chi connectivity index (χ3n) is 3.75. The number of ether oxygens (including phenoxy) is 2. The minimum absolute atomic E-state index is 0.0786. The molecule has 0 unspecified atom stereocenters. The second kappa shape index (κ2) is 6.93. The van der Waals surface area contributed by atoms with Crippen LogP contribution in [0.3, 0.4) is 0 Å². The molecule has 0 saturated carbocycles. The third-order valence-corrected chi connectivity index (χ3v) is 3.75. The molecule has 130 valence electrons. The molecule has 0 amide bonds. The van der Waals surface area contributed by atoms with Crippen molar-refractivity contribution < 1.29 is 13.9 Å². The zero-order chi connectivity index (χ0) is 18.0. The Hall–Kier alpha value is -2.89. The molecule has 3 rings (SSSR count). The monoisotopic (exact) mass is 341 g/mol. The van der Waals surface area contributed by atoms with Gasteiger partial charge in [-0.25, -0.2) is 4.39 Å². The molecule has 0 spiro atoms. The van der Waals surface area contributed by atoms with Gasteiger partial charge < -0.3 is 14.4 Å². The summed E-state index contributed by atoms with van der Waals surface area (Å²) in [4.78, 5) is 10.6. The minimum atomic E-state index is -0.371. The van der Waals surface area contributed by atoms with Crippen LogP contribution in [-0.2, 0) is 0 Å². The van der Waals surface area contributed by atoms with Gasteiger partial charge in [0.1, 0.15) is 11.6 Å². The fraction of sp³-hybridized carbons (Fsp3) is 0.263. The quantitative estimate of drug-likeness (QED) is 0.691. The molecule has 1 aromatic heterocycles. The summed E-state index contributed by atoms with van der Waals surface area (Å²) in [5, 5.41) is 0.358. The van der Waals surface area contributed by atoms with Crippen LogP contribution in [0.4, 0.5) is 15.9 Å². The Morgan fingerprint density at radius 3 is 2.40 bits per heavy atom. The highest BCUT2D eigenvalue weighted by Gasteiger charge is 2.17. The van der Waals surface area contributed by atoms with Crippen molar-refractivity contribution >= 4 is 22.4 Å². The summed E-state index contributed by atoms with van der Waals surface area (Å²) < 4.78 is 25.3. The van der Waals surface area contributed by atoms with Crippen LogP contribution in [0.25, 0.3) is 10.9 Å². The molecule has 3 aromatic rings. The summed E-state index contributed by atoms with van der Waals surface area (Å²) in [6.07, 6.45) is -0.0786. The molecule has 0 fully saturated rings. The molecule has 0 N–H and O–H groups in total. The SMILES string of the molecule is COc1ccc(N(C)c2nc(OC(C)C)nc3cccc(F)c23)cc1. The number of nitrogens with zero attached hydrogens (tertiary/aromatic N) is 3. The lowest BCUT2D eigenvalue weighted by Crippen LogP contribution is -2.15. The zero-order valence-electron chi connectivity index (χ0n) is 14.7. The van der Waals surface area contributed by atoms with Gasteiger partial charge in [0.2, 0.25) is 0 Å². The first-order chi connectivity index (χ1) is 12.0. The molecular weight excluding hydrogens is 321 g/mol. The molecule has 0 bridgehead atoms. The Balaban J connectivity index is 2.14. The number of hydrogen-bond donors (Lipinski definition) is 0. The van der Waals surface area contributed by atoms with Gasteiger partial charge in [-0.1, -0.05) is 6.07 Å². The van der Waals surface area contributed by atoms with Gasteiger partial charge in [-0.3, -0.25) is 0 Å². The Morgan fingerprint density at radius 2 is 1.76 bits per heavy atom. The average molecular weight is 341 g/mol. The van der Waals surface area contributed by atoms with E-state index in [1.54, 1.807) is 24.1 Å². The van der Waals surface area contributed by atoms with Crippen LogP contribution in [0.2, 0.25) is 0 Å². The number of anilines is 2. The van der Waals surface area contributed by atoms with Crippen molar-refractivity contribution in [1.29, 1.82) is 0 Å². The molecule has 2 aromatic carbocycles. The van der Waals surface area contributed by atoms with E-state index in [-0.39, 0.29) is 17.9 Å². The minimum Gasteiger partial charge on any atom is -0.497 e. The van der Waals surface area contributed by atoms with E-state index >= 15 is 0 Å². The Labute approximate surface area is 146 Å². The van der Waals surface area contributed by atoms with E-state index in [9.17, 15) is 4.39 Å².